The Bertz CT molecular complexity index is 680. The maximum atomic E-state index is 12.6. The lowest BCUT2D eigenvalue weighted by Crippen LogP contribution is -2.41. The number of rotatable bonds is 9. The van der Waals surface area contributed by atoms with E-state index in [1.54, 1.807) is 0 Å². The molecular formula is C22H35IN4O3. The largest absolute Gasteiger partial charge is 0.381 e. The molecule has 30 heavy (non-hydrogen) atoms. The lowest BCUT2D eigenvalue weighted by Gasteiger charge is -2.28. The molecule has 0 saturated carbocycles. The van der Waals surface area contributed by atoms with Crippen LogP contribution in [0.3, 0.4) is 0 Å². The Balaban J connectivity index is 0.00000320. The van der Waals surface area contributed by atoms with Crippen LogP contribution in [0.5, 0.6) is 0 Å². The second-order valence-electron chi connectivity index (χ2n) is 7.61. The summed E-state index contributed by atoms with van der Waals surface area (Å²) in [5, 5.41) is 6.49. The van der Waals surface area contributed by atoms with Gasteiger partial charge in [0, 0.05) is 45.3 Å². The monoisotopic (exact) mass is 530 g/mol. The quantitative estimate of drug-likeness (QED) is 0.222. The summed E-state index contributed by atoms with van der Waals surface area (Å²) in [6.45, 7) is 8.33. The summed E-state index contributed by atoms with van der Waals surface area (Å²) >= 11 is 0. The Morgan fingerprint density at radius 2 is 2.13 bits per heavy atom. The van der Waals surface area contributed by atoms with Gasteiger partial charge in [-0.15, -0.1) is 24.0 Å². The molecule has 2 aliphatic heterocycles. The lowest BCUT2D eigenvalue weighted by molar-refractivity contribution is -0.130. The summed E-state index contributed by atoms with van der Waals surface area (Å²) in [6, 6.07) is 8.34. The van der Waals surface area contributed by atoms with Crippen LogP contribution >= 0.6 is 24.0 Å². The van der Waals surface area contributed by atoms with Crippen LogP contribution in [-0.4, -0.2) is 69.4 Å². The zero-order chi connectivity index (χ0) is 20.3. The van der Waals surface area contributed by atoms with E-state index in [1.165, 1.54) is 11.1 Å². The summed E-state index contributed by atoms with van der Waals surface area (Å²) in [6.07, 6.45) is 2.91. The van der Waals surface area contributed by atoms with Gasteiger partial charge in [-0.3, -0.25) is 4.79 Å². The molecule has 0 bridgehead atoms. The molecule has 1 saturated heterocycles. The molecule has 2 aliphatic rings. The number of hydrogen-bond acceptors (Lipinski definition) is 4. The summed E-state index contributed by atoms with van der Waals surface area (Å²) in [5.41, 5.74) is 2.59. The van der Waals surface area contributed by atoms with E-state index in [0.717, 1.165) is 65.3 Å². The van der Waals surface area contributed by atoms with Crippen molar-refractivity contribution < 1.29 is 14.3 Å². The van der Waals surface area contributed by atoms with Gasteiger partial charge < -0.3 is 25.0 Å². The van der Waals surface area contributed by atoms with Crippen LogP contribution in [-0.2, 0) is 27.2 Å². The Morgan fingerprint density at radius 1 is 1.30 bits per heavy atom. The molecule has 7 nitrogen and oxygen atoms in total. The summed E-state index contributed by atoms with van der Waals surface area (Å²) in [5.74, 6) is 1.30. The fourth-order valence-electron chi connectivity index (χ4n) is 3.64. The number of halogens is 1. The molecule has 1 atom stereocenters. The molecular weight excluding hydrogens is 495 g/mol. The smallest absolute Gasteiger partial charge is 0.244 e. The Kier molecular flexibility index (Phi) is 11.5. The van der Waals surface area contributed by atoms with Crippen LogP contribution in [0.15, 0.2) is 29.3 Å². The highest BCUT2D eigenvalue weighted by atomic mass is 127. The Hall–Kier alpha value is -1.39. The van der Waals surface area contributed by atoms with Gasteiger partial charge in [-0.25, -0.2) is 4.99 Å². The molecule has 168 valence electrons. The number of carbonyl (C=O) groups is 1. The molecule has 2 N–H and O–H groups in total. The van der Waals surface area contributed by atoms with E-state index in [0.29, 0.717) is 18.4 Å². The van der Waals surface area contributed by atoms with Gasteiger partial charge in [-0.2, -0.15) is 0 Å². The topological polar surface area (TPSA) is 75.2 Å². The number of nitrogens with one attached hydrogen (secondary N) is 2. The van der Waals surface area contributed by atoms with E-state index in [4.69, 9.17) is 9.47 Å². The van der Waals surface area contributed by atoms with Crippen molar-refractivity contribution in [3.05, 3.63) is 35.4 Å². The predicted molar refractivity (Wildman–Crippen MR) is 129 cm³/mol. The van der Waals surface area contributed by atoms with Crippen molar-refractivity contribution >= 4 is 35.8 Å². The van der Waals surface area contributed by atoms with Gasteiger partial charge in [0.25, 0.3) is 0 Å². The number of benzene rings is 1. The van der Waals surface area contributed by atoms with Crippen molar-refractivity contribution in [1.29, 1.82) is 0 Å². The molecule has 8 heteroatoms. The number of carbonyl (C=O) groups excluding carboxylic acids is 1. The standard InChI is InChI=1S/C22H34N4O3.HI/c1-2-23-22(24-10-5-12-28-16-18-9-13-29-17-18)25-14-21(27)26-11-8-19-6-3-4-7-20(19)15-26;/h3-4,6-7,18H,2,5,8-17H2,1H3,(H2,23,24,25);1H. The van der Waals surface area contributed by atoms with Gasteiger partial charge in [0.2, 0.25) is 5.91 Å². The highest BCUT2D eigenvalue weighted by molar-refractivity contribution is 14.0. The van der Waals surface area contributed by atoms with Crippen molar-refractivity contribution in [3.63, 3.8) is 0 Å². The summed E-state index contributed by atoms with van der Waals surface area (Å²) in [7, 11) is 0. The number of nitrogens with zero attached hydrogens (tertiary/aromatic N) is 2. The second kappa shape index (κ2) is 13.8. The number of aliphatic imine (C=N–C) groups is 1. The Morgan fingerprint density at radius 3 is 2.90 bits per heavy atom. The average Bonchev–Trinajstić information content (AvgIpc) is 3.27. The maximum Gasteiger partial charge on any atom is 0.244 e. The zero-order valence-electron chi connectivity index (χ0n) is 17.9. The highest BCUT2D eigenvalue weighted by Crippen LogP contribution is 2.18. The third-order valence-corrected chi connectivity index (χ3v) is 5.34. The molecule has 0 aliphatic carbocycles. The molecule has 1 unspecified atom stereocenters. The number of amides is 1. The van der Waals surface area contributed by atoms with Crippen molar-refractivity contribution in [2.24, 2.45) is 10.9 Å². The van der Waals surface area contributed by atoms with E-state index in [9.17, 15) is 4.79 Å². The van der Waals surface area contributed by atoms with Crippen LogP contribution in [0.1, 0.15) is 30.9 Å². The molecule has 1 aromatic rings. The SMILES string of the molecule is CCNC(=NCC(=O)N1CCc2ccccc2C1)NCCCOCC1CCOC1.I. The molecule has 2 heterocycles. The van der Waals surface area contributed by atoms with Gasteiger partial charge in [0.1, 0.15) is 6.54 Å². The molecule has 0 radical (unpaired) electrons. The molecule has 1 aromatic carbocycles. The third kappa shape index (κ3) is 8.03. The first kappa shape index (κ1) is 24.9. The first-order valence-electron chi connectivity index (χ1n) is 10.8. The first-order chi connectivity index (χ1) is 14.3. The summed E-state index contributed by atoms with van der Waals surface area (Å²) < 4.78 is 11.1. The van der Waals surface area contributed by atoms with E-state index in [-0.39, 0.29) is 36.4 Å². The van der Waals surface area contributed by atoms with Crippen LogP contribution in [0.2, 0.25) is 0 Å². The minimum absolute atomic E-state index is 0. The van der Waals surface area contributed by atoms with E-state index in [1.807, 2.05) is 17.9 Å². The number of guanidine groups is 1. The first-order valence-corrected chi connectivity index (χ1v) is 10.8. The molecule has 0 spiro atoms. The predicted octanol–water partition coefficient (Wildman–Crippen LogP) is 2.19. The van der Waals surface area contributed by atoms with Gasteiger partial charge in [-0.1, -0.05) is 24.3 Å². The van der Waals surface area contributed by atoms with Crippen molar-refractivity contribution in [1.82, 2.24) is 15.5 Å². The molecule has 1 amide bonds. The molecule has 0 aromatic heterocycles. The normalized spacial score (nSPS) is 18.5. The minimum Gasteiger partial charge on any atom is -0.381 e. The van der Waals surface area contributed by atoms with Crippen LogP contribution in [0.25, 0.3) is 0 Å². The fourth-order valence-corrected chi connectivity index (χ4v) is 3.64. The number of ether oxygens (including phenoxy) is 2. The summed E-state index contributed by atoms with van der Waals surface area (Å²) in [4.78, 5) is 19.0. The number of fused-ring (bicyclic) bond motifs is 1. The van der Waals surface area contributed by atoms with E-state index >= 15 is 0 Å². The van der Waals surface area contributed by atoms with Gasteiger partial charge >= 0.3 is 0 Å². The van der Waals surface area contributed by atoms with Crippen molar-refractivity contribution in [2.45, 2.75) is 32.7 Å². The van der Waals surface area contributed by atoms with Crippen molar-refractivity contribution in [2.75, 3.05) is 52.6 Å². The van der Waals surface area contributed by atoms with Crippen LogP contribution < -0.4 is 10.6 Å². The van der Waals surface area contributed by atoms with Crippen molar-refractivity contribution in [3.8, 4) is 0 Å². The van der Waals surface area contributed by atoms with Crippen LogP contribution in [0, 0.1) is 5.92 Å². The van der Waals surface area contributed by atoms with Gasteiger partial charge in [0.15, 0.2) is 5.96 Å². The average molecular weight is 530 g/mol. The third-order valence-electron chi connectivity index (χ3n) is 5.34. The van der Waals surface area contributed by atoms with E-state index in [2.05, 4.69) is 33.8 Å². The van der Waals surface area contributed by atoms with Gasteiger partial charge in [0.05, 0.1) is 13.2 Å². The Labute approximate surface area is 197 Å². The fraction of sp³-hybridized carbons (Fsp3) is 0.636. The number of hydrogen-bond donors (Lipinski definition) is 2. The minimum atomic E-state index is 0. The highest BCUT2D eigenvalue weighted by Gasteiger charge is 2.20. The zero-order valence-corrected chi connectivity index (χ0v) is 20.2. The van der Waals surface area contributed by atoms with E-state index < -0.39 is 0 Å². The molecule has 3 rings (SSSR count). The second-order valence-corrected chi connectivity index (χ2v) is 7.61. The van der Waals surface area contributed by atoms with Crippen LogP contribution in [0.4, 0.5) is 0 Å². The molecule has 1 fully saturated rings. The lowest BCUT2D eigenvalue weighted by atomic mass is 10.00. The van der Waals surface area contributed by atoms with Gasteiger partial charge in [-0.05, 0) is 37.3 Å². The maximum absolute atomic E-state index is 12.6.